The highest BCUT2D eigenvalue weighted by Gasteiger charge is 2.24. The molecule has 0 unspecified atom stereocenters. The number of nitrogens with zero attached hydrogens (tertiary/aromatic N) is 1. The van der Waals surface area contributed by atoms with Gasteiger partial charge < -0.3 is 15.4 Å². The van der Waals surface area contributed by atoms with Crippen molar-refractivity contribution in [1.29, 1.82) is 0 Å². The smallest absolute Gasteiger partial charge is 0.261 e. The molecule has 0 spiro atoms. The Balaban J connectivity index is 2.20. The number of hydrogen-bond donors (Lipinski definition) is 2. The molecule has 29 heavy (non-hydrogen) atoms. The van der Waals surface area contributed by atoms with E-state index in [1.165, 1.54) is 16.2 Å². The maximum atomic E-state index is 13.0. The first-order valence-electron chi connectivity index (χ1n) is 9.36. The van der Waals surface area contributed by atoms with E-state index in [9.17, 15) is 14.4 Å². The van der Waals surface area contributed by atoms with Crippen LogP contribution in [0.3, 0.4) is 0 Å². The van der Waals surface area contributed by atoms with Gasteiger partial charge in [-0.1, -0.05) is 18.2 Å². The summed E-state index contributed by atoms with van der Waals surface area (Å²) >= 11 is 1.29. The first kappa shape index (κ1) is 22.4. The summed E-state index contributed by atoms with van der Waals surface area (Å²) in [6, 6.07) is 10.5. The molecule has 0 saturated heterocycles. The highest BCUT2D eigenvalue weighted by atomic mass is 32.1. The van der Waals surface area contributed by atoms with Gasteiger partial charge in [0, 0.05) is 5.54 Å². The Hall–Kier alpha value is -2.87. The maximum absolute atomic E-state index is 13.0. The highest BCUT2D eigenvalue weighted by molar-refractivity contribution is 7.12. The number of ether oxygens (including phenoxy) is 1. The van der Waals surface area contributed by atoms with Gasteiger partial charge in [0.2, 0.25) is 11.8 Å². The van der Waals surface area contributed by atoms with Gasteiger partial charge in [0.25, 0.3) is 5.91 Å². The summed E-state index contributed by atoms with van der Waals surface area (Å²) in [4.78, 5) is 39.5. The predicted octanol–water partition coefficient (Wildman–Crippen LogP) is 2.82. The fourth-order valence-electron chi connectivity index (χ4n) is 2.61. The zero-order valence-corrected chi connectivity index (χ0v) is 18.0. The van der Waals surface area contributed by atoms with Crippen LogP contribution in [0, 0.1) is 0 Å². The molecule has 2 rings (SSSR count). The number of carbonyl (C=O) groups is 3. The van der Waals surface area contributed by atoms with Crippen LogP contribution in [0.5, 0.6) is 5.75 Å². The van der Waals surface area contributed by atoms with E-state index in [1.54, 1.807) is 41.8 Å². The van der Waals surface area contributed by atoms with Crippen molar-refractivity contribution in [2.45, 2.75) is 33.2 Å². The molecule has 1 heterocycles. The molecule has 0 bridgehead atoms. The summed E-state index contributed by atoms with van der Waals surface area (Å²) in [6.07, 6.45) is 0. The SMILES string of the molecule is CCOc1ccccc1N(CC(=O)NC(C)(C)C)C(=O)CNC(=O)c1cccs1. The van der Waals surface area contributed by atoms with E-state index < -0.39 is 11.4 Å². The molecule has 2 aromatic rings. The summed E-state index contributed by atoms with van der Waals surface area (Å²) in [5.74, 6) is -0.546. The third-order valence-electron chi connectivity index (χ3n) is 3.72. The van der Waals surface area contributed by atoms with Crippen molar-refractivity contribution in [3.8, 4) is 5.75 Å². The van der Waals surface area contributed by atoms with Gasteiger partial charge in [0.15, 0.2) is 0 Å². The normalized spacial score (nSPS) is 10.9. The monoisotopic (exact) mass is 417 g/mol. The van der Waals surface area contributed by atoms with E-state index in [1.807, 2.05) is 27.7 Å². The van der Waals surface area contributed by atoms with Crippen molar-refractivity contribution in [2.24, 2.45) is 0 Å². The number of nitrogens with one attached hydrogen (secondary N) is 2. The maximum Gasteiger partial charge on any atom is 0.261 e. The number of para-hydroxylation sites is 2. The molecule has 1 aromatic carbocycles. The molecule has 0 fully saturated rings. The summed E-state index contributed by atoms with van der Waals surface area (Å²) in [5, 5.41) is 7.26. The minimum Gasteiger partial charge on any atom is -0.492 e. The number of anilines is 1. The molecule has 0 aliphatic carbocycles. The van der Waals surface area contributed by atoms with Crippen LogP contribution < -0.4 is 20.3 Å². The zero-order chi connectivity index (χ0) is 21.4. The standard InChI is InChI=1S/C21H27N3O4S/c1-5-28-16-10-7-6-9-15(16)24(14-18(25)23-21(2,3)4)19(26)13-22-20(27)17-11-8-12-29-17/h6-12H,5,13-14H2,1-4H3,(H,22,27)(H,23,25). The van der Waals surface area contributed by atoms with Gasteiger partial charge in [0.1, 0.15) is 12.3 Å². The van der Waals surface area contributed by atoms with E-state index in [0.29, 0.717) is 22.9 Å². The van der Waals surface area contributed by atoms with Crippen LogP contribution in [0.2, 0.25) is 0 Å². The fraction of sp³-hybridized carbons (Fsp3) is 0.381. The quantitative estimate of drug-likeness (QED) is 0.691. The number of hydrogen-bond acceptors (Lipinski definition) is 5. The molecule has 1 aromatic heterocycles. The number of carbonyl (C=O) groups excluding carboxylic acids is 3. The summed E-state index contributed by atoms with van der Waals surface area (Å²) in [6.45, 7) is 7.44. The lowest BCUT2D eigenvalue weighted by Crippen LogP contribution is -2.49. The molecule has 0 aliphatic heterocycles. The second-order valence-corrected chi connectivity index (χ2v) is 8.29. The van der Waals surface area contributed by atoms with E-state index >= 15 is 0 Å². The molecular weight excluding hydrogens is 390 g/mol. The van der Waals surface area contributed by atoms with E-state index in [-0.39, 0.29) is 24.9 Å². The molecule has 2 N–H and O–H groups in total. The summed E-state index contributed by atoms with van der Waals surface area (Å²) < 4.78 is 5.62. The zero-order valence-electron chi connectivity index (χ0n) is 17.2. The van der Waals surface area contributed by atoms with Gasteiger partial charge in [-0.3, -0.25) is 19.3 Å². The minimum absolute atomic E-state index is 0.185. The van der Waals surface area contributed by atoms with Gasteiger partial charge in [-0.05, 0) is 51.3 Å². The minimum atomic E-state index is -0.432. The molecule has 0 radical (unpaired) electrons. The molecule has 0 saturated carbocycles. The molecule has 0 aliphatic rings. The Morgan fingerprint density at radius 2 is 1.83 bits per heavy atom. The third kappa shape index (κ3) is 6.90. The van der Waals surface area contributed by atoms with Crippen molar-refractivity contribution in [3.63, 3.8) is 0 Å². The van der Waals surface area contributed by atoms with E-state index in [2.05, 4.69) is 10.6 Å². The molecule has 7 nitrogen and oxygen atoms in total. The Kier molecular flexibility index (Phi) is 7.78. The van der Waals surface area contributed by atoms with E-state index in [0.717, 1.165) is 0 Å². The lowest BCUT2D eigenvalue weighted by atomic mass is 10.1. The summed E-state index contributed by atoms with van der Waals surface area (Å²) in [7, 11) is 0. The molecule has 8 heteroatoms. The van der Waals surface area contributed by atoms with E-state index in [4.69, 9.17) is 4.74 Å². The van der Waals surface area contributed by atoms with Gasteiger partial charge in [-0.15, -0.1) is 11.3 Å². The molecular formula is C21H27N3O4S. The Morgan fingerprint density at radius 1 is 1.10 bits per heavy atom. The van der Waals surface area contributed by atoms with Crippen LogP contribution in [0.4, 0.5) is 5.69 Å². The van der Waals surface area contributed by atoms with Crippen molar-refractivity contribution >= 4 is 34.7 Å². The third-order valence-corrected chi connectivity index (χ3v) is 4.59. The predicted molar refractivity (Wildman–Crippen MR) is 115 cm³/mol. The largest absolute Gasteiger partial charge is 0.492 e. The Morgan fingerprint density at radius 3 is 2.45 bits per heavy atom. The van der Waals surface area contributed by atoms with Gasteiger partial charge in [0.05, 0.1) is 23.7 Å². The molecule has 3 amide bonds. The topological polar surface area (TPSA) is 87.7 Å². The van der Waals surface area contributed by atoms with Crippen LogP contribution >= 0.6 is 11.3 Å². The first-order valence-corrected chi connectivity index (χ1v) is 10.2. The summed E-state index contributed by atoms with van der Waals surface area (Å²) in [5.41, 5.74) is 0.0484. The average Bonchev–Trinajstić information content (AvgIpc) is 3.18. The van der Waals surface area contributed by atoms with Gasteiger partial charge in [-0.25, -0.2) is 0 Å². The molecule has 156 valence electrons. The second kappa shape index (κ2) is 10.1. The number of thiophene rings is 1. The first-order chi connectivity index (χ1) is 13.7. The van der Waals surface area contributed by atoms with Crippen LogP contribution in [-0.4, -0.2) is 43.0 Å². The van der Waals surface area contributed by atoms with Gasteiger partial charge in [-0.2, -0.15) is 0 Å². The number of benzene rings is 1. The Labute approximate surface area is 175 Å². The van der Waals surface area contributed by atoms with Crippen LogP contribution in [0.15, 0.2) is 41.8 Å². The Bertz CT molecular complexity index is 844. The number of amides is 3. The van der Waals surface area contributed by atoms with Crippen molar-refractivity contribution in [3.05, 3.63) is 46.7 Å². The average molecular weight is 418 g/mol. The molecule has 0 atom stereocenters. The van der Waals surface area contributed by atoms with Crippen molar-refractivity contribution in [1.82, 2.24) is 10.6 Å². The lowest BCUT2D eigenvalue weighted by Gasteiger charge is -2.27. The number of rotatable bonds is 8. The second-order valence-electron chi connectivity index (χ2n) is 7.34. The van der Waals surface area contributed by atoms with Crippen LogP contribution in [-0.2, 0) is 9.59 Å². The highest BCUT2D eigenvalue weighted by Crippen LogP contribution is 2.28. The van der Waals surface area contributed by atoms with Crippen LogP contribution in [0.1, 0.15) is 37.4 Å². The fourth-order valence-corrected chi connectivity index (χ4v) is 3.25. The van der Waals surface area contributed by atoms with Crippen molar-refractivity contribution in [2.75, 3.05) is 24.6 Å². The lowest BCUT2D eigenvalue weighted by molar-refractivity contribution is -0.124. The van der Waals surface area contributed by atoms with Crippen LogP contribution in [0.25, 0.3) is 0 Å². The van der Waals surface area contributed by atoms with Crippen molar-refractivity contribution < 1.29 is 19.1 Å². The van der Waals surface area contributed by atoms with Gasteiger partial charge >= 0.3 is 0 Å².